The van der Waals surface area contributed by atoms with Crippen molar-refractivity contribution in [2.24, 2.45) is 0 Å². The van der Waals surface area contributed by atoms with Crippen LogP contribution in [0.2, 0.25) is 0 Å². The molecule has 0 aliphatic carbocycles. The predicted molar refractivity (Wildman–Crippen MR) is 93.4 cm³/mol. The summed E-state index contributed by atoms with van der Waals surface area (Å²) in [6.07, 6.45) is 3.58. The minimum atomic E-state index is 0.788. The second-order valence-electron chi connectivity index (χ2n) is 4.69. The first-order chi connectivity index (χ1) is 11.3. The van der Waals surface area contributed by atoms with E-state index in [0.29, 0.717) is 0 Å². The minimum Gasteiger partial charge on any atom is -0.267 e. The van der Waals surface area contributed by atoms with E-state index in [-0.39, 0.29) is 0 Å². The van der Waals surface area contributed by atoms with Crippen LogP contribution in [0, 0.1) is 6.92 Å². The number of aryl methyl sites for hydroxylation is 1. The maximum absolute atomic E-state index is 4.50. The smallest absolute Gasteiger partial charge is 0.203 e. The van der Waals surface area contributed by atoms with E-state index in [0.717, 1.165) is 31.6 Å². The van der Waals surface area contributed by atoms with Crippen LogP contribution in [0.5, 0.6) is 0 Å². The number of pyridine rings is 1. The summed E-state index contributed by atoms with van der Waals surface area (Å²) in [4.78, 5) is 9.79. The first kappa shape index (κ1) is 14.6. The molecule has 0 amide bonds. The highest BCUT2D eigenvalue weighted by Gasteiger charge is 2.18. The highest BCUT2D eigenvalue weighted by molar-refractivity contribution is 8.00. The van der Waals surface area contributed by atoms with Crippen LogP contribution in [0.15, 0.2) is 56.9 Å². The van der Waals surface area contributed by atoms with Crippen molar-refractivity contribution in [3.05, 3.63) is 53.1 Å². The maximum Gasteiger partial charge on any atom is 0.203 e. The first-order valence-corrected chi connectivity index (χ1v) is 9.38. The topological polar surface area (TPSA) is 56.5 Å². The zero-order chi connectivity index (χ0) is 15.6. The van der Waals surface area contributed by atoms with Crippen LogP contribution in [-0.2, 0) is 0 Å². The van der Waals surface area contributed by atoms with Crippen LogP contribution >= 0.6 is 34.4 Å². The lowest BCUT2D eigenvalue weighted by Crippen LogP contribution is -1.99. The average molecular weight is 357 g/mol. The van der Waals surface area contributed by atoms with E-state index in [2.05, 4.69) is 20.2 Å². The Morgan fingerprint density at radius 1 is 1.13 bits per heavy atom. The zero-order valence-corrected chi connectivity index (χ0v) is 14.5. The van der Waals surface area contributed by atoms with Gasteiger partial charge in [0.25, 0.3) is 0 Å². The molecule has 0 saturated heterocycles. The lowest BCUT2D eigenvalue weighted by atomic mass is 10.4. The van der Waals surface area contributed by atoms with Crippen LogP contribution in [0.1, 0.15) is 5.69 Å². The Labute approximate surface area is 145 Å². The van der Waals surface area contributed by atoms with Gasteiger partial charge in [0.1, 0.15) is 0 Å². The van der Waals surface area contributed by atoms with E-state index in [9.17, 15) is 0 Å². The molecule has 0 aromatic carbocycles. The monoisotopic (exact) mass is 357 g/mol. The van der Waals surface area contributed by atoms with E-state index in [1.807, 2.05) is 52.7 Å². The molecule has 5 nitrogen and oxygen atoms in total. The van der Waals surface area contributed by atoms with Crippen molar-refractivity contribution in [1.29, 1.82) is 0 Å². The summed E-state index contributed by atoms with van der Waals surface area (Å²) in [5.41, 5.74) is 1.96. The fourth-order valence-electron chi connectivity index (χ4n) is 2.08. The van der Waals surface area contributed by atoms with Crippen LogP contribution in [0.3, 0.4) is 0 Å². The van der Waals surface area contributed by atoms with E-state index >= 15 is 0 Å². The second kappa shape index (κ2) is 6.23. The van der Waals surface area contributed by atoms with Gasteiger partial charge in [0, 0.05) is 17.3 Å². The molecule has 0 N–H and O–H groups in total. The summed E-state index contributed by atoms with van der Waals surface area (Å²) in [6.45, 7) is 1.99. The second-order valence-corrected chi connectivity index (χ2v) is 7.71. The quantitative estimate of drug-likeness (QED) is 0.545. The summed E-state index contributed by atoms with van der Waals surface area (Å²) in [5, 5.41) is 13.6. The Bertz CT molecular complexity index is 912. The van der Waals surface area contributed by atoms with Crippen molar-refractivity contribution in [3.8, 4) is 16.4 Å². The molecule has 0 fully saturated rings. The van der Waals surface area contributed by atoms with Crippen LogP contribution in [0.4, 0.5) is 0 Å². The van der Waals surface area contributed by atoms with Gasteiger partial charge in [-0.1, -0.05) is 6.07 Å². The number of thiazole rings is 1. The van der Waals surface area contributed by atoms with E-state index < -0.39 is 0 Å². The van der Waals surface area contributed by atoms with Gasteiger partial charge < -0.3 is 0 Å². The first-order valence-electron chi connectivity index (χ1n) is 6.81. The number of aromatic nitrogens is 5. The summed E-state index contributed by atoms with van der Waals surface area (Å²) < 4.78 is 2.98. The zero-order valence-electron chi connectivity index (χ0n) is 12.1. The summed E-state index contributed by atoms with van der Waals surface area (Å²) in [7, 11) is 0. The molecule has 4 aromatic heterocycles. The lowest BCUT2D eigenvalue weighted by molar-refractivity contribution is 0.881. The number of thiophene rings is 1. The van der Waals surface area contributed by atoms with Crippen LogP contribution < -0.4 is 0 Å². The molecule has 4 heterocycles. The lowest BCUT2D eigenvalue weighted by Gasteiger charge is -2.07. The highest BCUT2D eigenvalue weighted by atomic mass is 32.2. The van der Waals surface area contributed by atoms with Gasteiger partial charge in [-0.25, -0.2) is 4.98 Å². The number of rotatable bonds is 4. The molecule has 8 heteroatoms. The highest BCUT2D eigenvalue weighted by Crippen LogP contribution is 2.34. The van der Waals surface area contributed by atoms with Gasteiger partial charge in [-0.05, 0) is 42.3 Å². The van der Waals surface area contributed by atoms with Gasteiger partial charge in [-0.3, -0.25) is 9.55 Å². The predicted octanol–water partition coefficient (Wildman–Crippen LogP) is 4.31. The van der Waals surface area contributed by atoms with E-state index in [1.165, 1.54) is 11.8 Å². The van der Waals surface area contributed by atoms with Crippen molar-refractivity contribution < 1.29 is 0 Å². The van der Waals surface area contributed by atoms with Gasteiger partial charge in [0.15, 0.2) is 10.2 Å². The van der Waals surface area contributed by atoms with Crippen LogP contribution in [-0.4, -0.2) is 24.7 Å². The summed E-state index contributed by atoms with van der Waals surface area (Å²) in [6, 6.07) is 7.98. The van der Waals surface area contributed by atoms with Gasteiger partial charge in [0.05, 0.1) is 16.8 Å². The molecule has 0 atom stereocenters. The Kier molecular flexibility index (Phi) is 3.94. The molecular formula is C15H11N5S3. The Morgan fingerprint density at radius 2 is 2.09 bits per heavy atom. The molecule has 0 bridgehead atoms. The molecule has 0 aliphatic heterocycles. The molecule has 0 radical (unpaired) electrons. The van der Waals surface area contributed by atoms with Crippen molar-refractivity contribution in [2.75, 3.05) is 0 Å². The Balaban J connectivity index is 1.83. The Hall–Kier alpha value is -2.03. The van der Waals surface area contributed by atoms with Gasteiger partial charge >= 0.3 is 0 Å². The molecular weight excluding hydrogens is 346 g/mol. The third-order valence-electron chi connectivity index (χ3n) is 3.06. The number of hydrogen-bond donors (Lipinski definition) is 0. The van der Waals surface area contributed by atoms with Crippen molar-refractivity contribution in [3.63, 3.8) is 0 Å². The summed E-state index contributed by atoms with van der Waals surface area (Å²) >= 11 is 4.78. The normalized spacial score (nSPS) is 11.0. The molecule has 0 saturated carbocycles. The van der Waals surface area contributed by atoms with E-state index in [4.69, 9.17) is 0 Å². The fourth-order valence-corrected chi connectivity index (χ4v) is 4.57. The van der Waals surface area contributed by atoms with Crippen LogP contribution in [0.25, 0.3) is 16.4 Å². The van der Waals surface area contributed by atoms with Crippen molar-refractivity contribution in [1.82, 2.24) is 24.7 Å². The van der Waals surface area contributed by atoms with Gasteiger partial charge in [0.2, 0.25) is 5.16 Å². The van der Waals surface area contributed by atoms with Gasteiger partial charge in [-0.2, -0.15) is 0 Å². The number of nitrogens with zero attached hydrogens (tertiary/aromatic N) is 5. The average Bonchev–Trinajstić information content (AvgIpc) is 3.29. The molecule has 23 heavy (non-hydrogen) atoms. The Morgan fingerprint density at radius 3 is 2.78 bits per heavy atom. The molecule has 4 rings (SSSR count). The summed E-state index contributed by atoms with van der Waals surface area (Å²) in [5.74, 6) is 0.823. The van der Waals surface area contributed by atoms with Crippen molar-refractivity contribution >= 4 is 34.4 Å². The largest absolute Gasteiger partial charge is 0.267 e. The van der Waals surface area contributed by atoms with E-state index in [1.54, 1.807) is 28.9 Å². The molecule has 114 valence electrons. The molecule has 0 aliphatic rings. The third kappa shape index (κ3) is 2.92. The van der Waals surface area contributed by atoms with Crippen molar-refractivity contribution in [2.45, 2.75) is 16.4 Å². The minimum absolute atomic E-state index is 0.788. The SMILES string of the molecule is Cc1csc(Sc2nnc(-c3cccs3)n2-c2cccnc2)n1. The number of hydrogen-bond acceptors (Lipinski definition) is 7. The molecule has 4 aromatic rings. The maximum atomic E-state index is 4.50. The molecule has 0 unspecified atom stereocenters. The standard InChI is InChI=1S/C15H11N5S3/c1-10-9-22-15(17-10)23-14-19-18-13(12-5-3-7-21-12)20(14)11-4-2-6-16-8-11/h2-9H,1H3. The fraction of sp³-hybridized carbons (Fsp3) is 0.0667. The van der Waals surface area contributed by atoms with Gasteiger partial charge in [-0.15, -0.1) is 32.9 Å². The third-order valence-corrected chi connectivity index (χ3v) is 5.92. The molecule has 0 spiro atoms.